The molecule has 2 aliphatic heterocycles. The van der Waals surface area contributed by atoms with Crippen molar-refractivity contribution >= 4 is 15.9 Å². The van der Waals surface area contributed by atoms with Gasteiger partial charge in [-0.1, -0.05) is 18.2 Å². The largest absolute Gasteiger partial charge is 0.493 e. The molecule has 2 aromatic rings. The van der Waals surface area contributed by atoms with Crippen LogP contribution in [0.25, 0.3) is 0 Å². The molecule has 1 N–H and O–H groups in total. The molecule has 0 aromatic heterocycles. The van der Waals surface area contributed by atoms with Gasteiger partial charge in [0.05, 0.1) is 12.0 Å². The Hall–Kier alpha value is -2.78. The van der Waals surface area contributed by atoms with E-state index in [-0.39, 0.29) is 16.8 Å². The number of hydrogen-bond acceptors (Lipinski definition) is 6. The van der Waals surface area contributed by atoms with E-state index in [2.05, 4.69) is 4.72 Å². The van der Waals surface area contributed by atoms with E-state index in [0.717, 1.165) is 0 Å². The third-order valence-electron chi connectivity index (χ3n) is 5.23. The smallest absolute Gasteiger partial charge is 0.254 e. The second kappa shape index (κ2) is 8.53. The molecule has 2 heterocycles. The predicted molar refractivity (Wildman–Crippen MR) is 110 cm³/mol. The topological polar surface area (TPSA) is 94.2 Å². The standard InChI is InChI=1S/C21H24N2O6S/c1-27-18-13-15(14-19-20(18)29-12-11-28-19)21(24)23-9-7-16(8-10-23)22-30(25,26)17-5-3-2-4-6-17/h2-6,13-14,16,22H,7-12H2,1H3. The Bertz CT molecular complexity index is 1000. The summed E-state index contributed by atoms with van der Waals surface area (Å²) in [5.74, 6) is 1.32. The second-order valence-corrected chi connectivity index (χ2v) is 8.92. The van der Waals surface area contributed by atoms with E-state index < -0.39 is 10.0 Å². The molecule has 0 saturated carbocycles. The first-order valence-corrected chi connectivity index (χ1v) is 11.3. The number of rotatable bonds is 5. The molecule has 30 heavy (non-hydrogen) atoms. The molecule has 2 aromatic carbocycles. The molecule has 1 saturated heterocycles. The van der Waals surface area contributed by atoms with Crippen LogP contribution in [0, 0.1) is 0 Å². The molecule has 0 spiro atoms. The maximum absolute atomic E-state index is 13.0. The van der Waals surface area contributed by atoms with Gasteiger partial charge in [0.2, 0.25) is 15.8 Å². The number of fused-ring (bicyclic) bond motifs is 1. The summed E-state index contributed by atoms with van der Waals surface area (Å²) in [4.78, 5) is 15.0. The van der Waals surface area contributed by atoms with Crippen molar-refractivity contribution in [2.75, 3.05) is 33.4 Å². The van der Waals surface area contributed by atoms with Crippen LogP contribution in [0.3, 0.4) is 0 Å². The fraction of sp³-hybridized carbons (Fsp3) is 0.381. The normalized spacial score (nSPS) is 16.9. The minimum atomic E-state index is -3.57. The summed E-state index contributed by atoms with van der Waals surface area (Å²) in [7, 11) is -2.05. The molecule has 8 nitrogen and oxygen atoms in total. The van der Waals surface area contributed by atoms with Gasteiger partial charge < -0.3 is 19.1 Å². The SMILES string of the molecule is COc1cc(C(=O)N2CCC(NS(=O)(=O)c3ccccc3)CC2)cc2c1OCCO2. The van der Waals surface area contributed by atoms with Crippen LogP contribution in [0.15, 0.2) is 47.4 Å². The molecule has 9 heteroatoms. The Balaban J connectivity index is 1.41. The first kappa shape index (κ1) is 20.5. The Morgan fingerprint density at radius 2 is 1.80 bits per heavy atom. The summed E-state index contributed by atoms with van der Waals surface area (Å²) in [6, 6.07) is 11.4. The summed E-state index contributed by atoms with van der Waals surface area (Å²) in [6.07, 6.45) is 1.08. The zero-order valence-electron chi connectivity index (χ0n) is 16.7. The minimum absolute atomic E-state index is 0.144. The Kier molecular flexibility index (Phi) is 5.83. The fourth-order valence-electron chi connectivity index (χ4n) is 3.67. The van der Waals surface area contributed by atoms with Crippen molar-refractivity contribution in [3.63, 3.8) is 0 Å². The number of methoxy groups -OCH3 is 1. The monoisotopic (exact) mass is 432 g/mol. The first-order chi connectivity index (χ1) is 14.5. The van der Waals surface area contributed by atoms with Crippen LogP contribution < -0.4 is 18.9 Å². The lowest BCUT2D eigenvalue weighted by molar-refractivity contribution is 0.0709. The molecule has 160 valence electrons. The summed E-state index contributed by atoms with van der Waals surface area (Å²) < 4.78 is 44.3. The number of carbonyl (C=O) groups excluding carboxylic acids is 1. The number of ether oxygens (including phenoxy) is 3. The number of piperidine rings is 1. The van der Waals surface area contributed by atoms with E-state index in [1.807, 2.05) is 0 Å². The number of nitrogens with one attached hydrogen (secondary N) is 1. The maximum Gasteiger partial charge on any atom is 0.254 e. The summed E-state index contributed by atoms with van der Waals surface area (Å²) >= 11 is 0. The van der Waals surface area contributed by atoms with Gasteiger partial charge in [0, 0.05) is 24.7 Å². The van der Waals surface area contributed by atoms with Gasteiger partial charge >= 0.3 is 0 Å². The van der Waals surface area contributed by atoms with Crippen LogP contribution in [-0.4, -0.2) is 58.7 Å². The third kappa shape index (κ3) is 4.22. The van der Waals surface area contributed by atoms with Crippen molar-refractivity contribution in [1.29, 1.82) is 0 Å². The zero-order chi connectivity index (χ0) is 21.1. The Morgan fingerprint density at radius 1 is 1.10 bits per heavy atom. The molecule has 0 aliphatic carbocycles. The first-order valence-electron chi connectivity index (χ1n) is 9.82. The number of likely N-dealkylation sites (tertiary alicyclic amines) is 1. The highest BCUT2D eigenvalue weighted by atomic mass is 32.2. The molecule has 0 atom stereocenters. The molecular weight excluding hydrogens is 408 g/mol. The number of hydrogen-bond donors (Lipinski definition) is 1. The van der Waals surface area contributed by atoms with Gasteiger partial charge in [-0.3, -0.25) is 4.79 Å². The van der Waals surface area contributed by atoms with Crippen molar-refractivity contribution in [3.8, 4) is 17.2 Å². The average Bonchev–Trinajstić information content (AvgIpc) is 2.78. The lowest BCUT2D eigenvalue weighted by Gasteiger charge is -2.32. The molecule has 1 fully saturated rings. The van der Waals surface area contributed by atoms with Crippen LogP contribution in [0.1, 0.15) is 23.2 Å². The van der Waals surface area contributed by atoms with Crippen molar-refractivity contribution in [2.45, 2.75) is 23.8 Å². The summed E-state index contributed by atoms with van der Waals surface area (Å²) in [5, 5.41) is 0. The molecule has 2 aliphatic rings. The number of amides is 1. The highest BCUT2D eigenvalue weighted by Gasteiger charge is 2.29. The molecule has 0 bridgehead atoms. The van der Waals surface area contributed by atoms with Gasteiger partial charge in [-0.05, 0) is 37.1 Å². The van der Waals surface area contributed by atoms with E-state index in [4.69, 9.17) is 14.2 Å². The lowest BCUT2D eigenvalue weighted by atomic mass is 10.0. The van der Waals surface area contributed by atoms with Crippen molar-refractivity contribution < 1.29 is 27.4 Å². The van der Waals surface area contributed by atoms with Crippen LogP contribution in [0.2, 0.25) is 0 Å². The Morgan fingerprint density at radius 3 is 2.50 bits per heavy atom. The maximum atomic E-state index is 13.0. The van der Waals surface area contributed by atoms with Crippen LogP contribution in [0.4, 0.5) is 0 Å². The Labute approximate surface area is 175 Å². The second-order valence-electron chi connectivity index (χ2n) is 7.20. The highest BCUT2D eigenvalue weighted by molar-refractivity contribution is 7.89. The number of carbonyl (C=O) groups is 1. The van der Waals surface area contributed by atoms with E-state index >= 15 is 0 Å². The molecular formula is C21H24N2O6S. The summed E-state index contributed by atoms with van der Waals surface area (Å²) in [5.41, 5.74) is 0.458. The van der Waals surface area contributed by atoms with Crippen LogP contribution >= 0.6 is 0 Å². The minimum Gasteiger partial charge on any atom is -0.493 e. The quantitative estimate of drug-likeness (QED) is 0.777. The van der Waals surface area contributed by atoms with Gasteiger partial charge in [0.15, 0.2) is 11.5 Å². The highest BCUT2D eigenvalue weighted by Crippen LogP contribution is 2.40. The predicted octanol–water partition coefficient (Wildman–Crippen LogP) is 2.05. The van der Waals surface area contributed by atoms with Gasteiger partial charge in [-0.15, -0.1) is 0 Å². The zero-order valence-corrected chi connectivity index (χ0v) is 17.5. The molecule has 0 radical (unpaired) electrons. The van der Waals surface area contributed by atoms with Crippen molar-refractivity contribution in [3.05, 3.63) is 48.0 Å². The van der Waals surface area contributed by atoms with E-state index in [1.54, 1.807) is 47.4 Å². The molecule has 0 unspecified atom stereocenters. The van der Waals surface area contributed by atoms with E-state index in [1.165, 1.54) is 7.11 Å². The fourth-order valence-corrected chi connectivity index (χ4v) is 4.99. The number of benzene rings is 2. The lowest BCUT2D eigenvalue weighted by Crippen LogP contribution is -2.46. The number of sulfonamides is 1. The van der Waals surface area contributed by atoms with Crippen molar-refractivity contribution in [1.82, 2.24) is 9.62 Å². The summed E-state index contributed by atoms with van der Waals surface area (Å²) in [6.45, 7) is 1.76. The van der Waals surface area contributed by atoms with Crippen LogP contribution in [-0.2, 0) is 10.0 Å². The van der Waals surface area contributed by atoms with Crippen molar-refractivity contribution in [2.24, 2.45) is 0 Å². The van der Waals surface area contributed by atoms with Gasteiger partial charge in [0.1, 0.15) is 13.2 Å². The van der Waals surface area contributed by atoms with E-state index in [9.17, 15) is 13.2 Å². The number of nitrogens with zero attached hydrogens (tertiary/aromatic N) is 1. The third-order valence-corrected chi connectivity index (χ3v) is 6.77. The van der Waals surface area contributed by atoms with Crippen LogP contribution in [0.5, 0.6) is 17.2 Å². The van der Waals surface area contributed by atoms with E-state index in [0.29, 0.717) is 62.0 Å². The van der Waals surface area contributed by atoms with Gasteiger partial charge in [-0.25, -0.2) is 13.1 Å². The van der Waals surface area contributed by atoms with Gasteiger partial charge in [-0.2, -0.15) is 0 Å². The molecule has 1 amide bonds. The molecule has 4 rings (SSSR count). The average molecular weight is 432 g/mol. The van der Waals surface area contributed by atoms with Gasteiger partial charge in [0.25, 0.3) is 5.91 Å².